The Balaban J connectivity index is 2.02. The van der Waals surface area contributed by atoms with Crippen LogP contribution in [0.4, 0.5) is 0 Å². The minimum Gasteiger partial charge on any atom is -0.493 e. The van der Waals surface area contributed by atoms with E-state index < -0.39 is 0 Å². The van der Waals surface area contributed by atoms with Crippen molar-refractivity contribution in [3.63, 3.8) is 0 Å². The van der Waals surface area contributed by atoms with Gasteiger partial charge >= 0.3 is 0 Å². The zero-order valence-corrected chi connectivity index (χ0v) is 13.1. The summed E-state index contributed by atoms with van der Waals surface area (Å²) < 4.78 is 10.6. The quantitative estimate of drug-likeness (QED) is 0.874. The van der Waals surface area contributed by atoms with Gasteiger partial charge in [-0.1, -0.05) is 35.9 Å². The highest BCUT2D eigenvalue weighted by Crippen LogP contribution is 2.29. The maximum atomic E-state index is 5.35. The largest absolute Gasteiger partial charge is 0.493 e. The molecule has 0 saturated heterocycles. The molecule has 21 heavy (non-hydrogen) atoms. The molecular formula is C18H23NO2. The number of hydrogen-bond acceptors (Lipinski definition) is 3. The molecule has 1 N–H and O–H groups in total. The maximum Gasteiger partial charge on any atom is 0.161 e. The highest BCUT2D eigenvalue weighted by atomic mass is 16.5. The molecule has 0 heterocycles. The number of rotatable bonds is 6. The van der Waals surface area contributed by atoms with Gasteiger partial charge in [0.15, 0.2) is 11.5 Å². The Labute approximate surface area is 126 Å². The van der Waals surface area contributed by atoms with Gasteiger partial charge in [0.25, 0.3) is 0 Å². The monoisotopic (exact) mass is 285 g/mol. The second-order valence-electron chi connectivity index (χ2n) is 5.20. The summed E-state index contributed by atoms with van der Waals surface area (Å²) in [6.45, 7) is 5.09. The van der Waals surface area contributed by atoms with Gasteiger partial charge in [0.1, 0.15) is 0 Å². The summed E-state index contributed by atoms with van der Waals surface area (Å²) in [5, 5.41) is 3.53. The average molecular weight is 285 g/mol. The lowest BCUT2D eigenvalue weighted by atomic mass is 10.1. The third kappa shape index (κ3) is 3.99. The molecule has 2 rings (SSSR count). The summed E-state index contributed by atoms with van der Waals surface area (Å²) in [6, 6.07) is 14.9. The van der Waals surface area contributed by atoms with E-state index in [4.69, 9.17) is 9.47 Å². The van der Waals surface area contributed by atoms with Crippen molar-refractivity contribution in [3.8, 4) is 11.5 Å². The van der Waals surface area contributed by atoms with Crippen LogP contribution < -0.4 is 14.8 Å². The van der Waals surface area contributed by atoms with E-state index in [1.165, 1.54) is 16.7 Å². The van der Waals surface area contributed by atoms with Gasteiger partial charge in [0.05, 0.1) is 14.2 Å². The Morgan fingerprint density at radius 2 is 1.62 bits per heavy atom. The molecule has 1 unspecified atom stereocenters. The number of ether oxygens (including phenoxy) is 2. The van der Waals surface area contributed by atoms with Crippen molar-refractivity contribution in [2.24, 2.45) is 0 Å². The zero-order valence-electron chi connectivity index (χ0n) is 13.1. The van der Waals surface area contributed by atoms with Crippen LogP contribution in [-0.4, -0.2) is 14.2 Å². The van der Waals surface area contributed by atoms with Crippen molar-refractivity contribution in [1.82, 2.24) is 5.32 Å². The topological polar surface area (TPSA) is 30.5 Å². The minimum absolute atomic E-state index is 0.242. The molecule has 3 nitrogen and oxygen atoms in total. The minimum atomic E-state index is 0.242. The van der Waals surface area contributed by atoms with Gasteiger partial charge in [-0.25, -0.2) is 0 Å². The van der Waals surface area contributed by atoms with Crippen LogP contribution in [0.2, 0.25) is 0 Å². The van der Waals surface area contributed by atoms with Crippen LogP contribution in [0.3, 0.4) is 0 Å². The molecule has 0 amide bonds. The molecule has 0 saturated carbocycles. The number of aryl methyl sites for hydroxylation is 1. The number of benzene rings is 2. The van der Waals surface area contributed by atoms with Gasteiger partial charge in [-0.15, -0.1) is 0 Å². The summed E-state index contributed by atoms with van der Waals surface area (Å²) in [7, 11) is 3.31. The predicted molar refractivity (Wildman–Crippen MR) is 86.0 cm³/mol. The summed E-state index contributed by atoms with van der Waals surface area (Å²) in [5.41, 5.74) is 3.75. The van der Waals surface area contributed by atoms with Crippen LogP contribution in [0, 0.1) is 6.92 Å². The lowest BCUT2D eigenvalue weighted by Crippen LogP contribution is -2.18. The van der Waals surface area contributed by atoms with Crippen LogP contribution in [0.5, 0.6) is 11.5 Å². The summed E-state index contributed by atoms with van der Waals surface area (Å²) >= 11 is 0. The lowest BCUT2D eigenvalue weighted by molar-refractivity contribution is 0.354. The fraction of sp³-hybridized carbons (Fsp3) is 0.333. The summed E-state index contributed by atoms with van der Waals surface area (Å²) in [5.74, 6) is 1.52. The SMILES string of the molecule is COc1ccc(C(C)NCc2ccc(C)cc2)cc1OC. The van der Waals surface area contributed by atoms with Gasteiger partial charge in [-0.3, -0.25) is 0 Å². The fourth-order valence-corrected chi connectivity index (χ4v) is 2.22. The standard InChI is InChI=1S/C18H23NO2/c1-13-5-7-15(8-6-13)12-19-14(2)16-9-10-17(20-3)18(11-16)21-4/h5-11,14,19H,12H2,1-4H3. The second kappa shape index (κ2) is 7.14. The summed E-state index contributed by atoms with van der Waals surface area (Å²) in [6.07, 6.45) is 0. The molecule has 0 aliphatic rings. The summed E-state index contributed by atoms with van der Waals surface area (Å²) in [4.78, 5) is 0. The van der Waals surface area contributed by atoms with Crippen LogP contribution in [0.25, 0.3) is 0 Å². The first kappa shape index (κ1) is 15.4. The molecule has 0 fully saturated rings. The van der Waals surface area contributed by atoms with Crippen molar-refractivity contribution in [1.29, 1.82) is 0 Å². The van der Waals surface area contributed by atoms with E-state index in [0.29, 0.717) is 0 Å². The van der Waals surface area contributed by atoms with Gasteiger partial charge in [0, 0.05) is 12.6 Å². The van der Waals surface area contributed by atoms with Crippen molar-refractivity contribution in [2.45, 2.75) is 26.4 Å². The Morgan fingerprint density at radius 3 is 2.24 bits per heavy atom. The first-order chi connectivity index (χ1) is 10.1. The first-order valence-electron chi connectivity index (χ1n) is 7.15. The Bertz CT molecular complexity index is 578. The van der Waals surface area contributed by atoms with E-state index in [1.807, 2.05) is 12.1 Å². The molecule has 3 heteroatoms. The van der Waals surface area contributed by atoms with E-state index in [2.05, 4.69) is 49.5 Å². The van der Waals surface area contributed by atoms with Crippen molar-refractivity contribution < 1.29 is 9.47 Å². The van der Waals surface area contributed by atoms with Gasteiger partial charge < -0.3 is 14.8 Å². The molecular weight excluding hydrogens is 262 g/mol. The van der Waals surface area contributed by atoms with E-state index >= 15 is 0 Å². The van der Waals surface area contributed by atoms with Crippen molar-refractivity contribution >= 4 is 0 Å². The normalized spacial score (nSPS) is 12.0. The van der Waals surface area contributed by atoms with Crippen LogP contribution in [0.15, 0.2) is 42.5 Å². The van der Waals surface area contributed by atoms with E-state index in [-0.39, 0.29) is 6.04 Å². The molecule has 1 atom stereocenters. The molecule has 0 aromatic heterocycles. The van der Waals surface area contributed by atoms with Crippen LogP contribution in [0.1, 0.15) is 29.7 Å². The second-order valence-corrected chi connectivity index (χ2v) is 5.20. The molecule has 0 spiro atoms. The molecule has 0 aliphatic heterocycles. The smallest absolute Gasteiger partial charge is 0.161 e. The van der Waals surface area contributed by atoms with Crippen molar-refractivity contribution in [3.05, 3.63) is 59.2 Å². The van der Waals surface area contributed by atoms with Crippen molar-refractivity contribution in [2.75, 3.05) is 14.2 Å². The first-order valence-corrected chi connectivity index (χ1v) is 7.15. The Hall–Kier alpha value is -2.00. The lowest BCUT2D eigenvalue weighted by Gasteiger charge is -2.16. The maximum absolute atomic E-state index is 5.35. The molecule has 0 bridgehead atoms. The predicted octanol–water partition coefficient (Wildman–Crippen LogP) is 3.86. The average Bonchev–Trinajstić information content (AvgIpc) is 2.53. The van der Waals surface area contributed by atoms with Gasteiger partial charge in [-0.05, 0) is 37.1 Å². The zero-order chi connectivity index (χ0) is 15.2. The fourth-order valence-electron chi connectivity index (χ4n) is 2.22. The number of methoxy groups -OCH3 is 2. The molecule has 2 aromatic carbocycles. The number of hydrogen-bond donors (Lipinski definition) is 1. The van der Waals surface area contributed by atoms with E-state index in [9.17, 15) is 0 Å². The van der Waals surface area contributed by atoms with Crippen LogP contribution in [-0.2, 0) is 6.54 Å². The Kier molecular flexibility index (Phi) is 5.23. The molecule has 112 valence electrons. The molecule has 0 aliphatic carbocycles. The molecule has 2 aromatic rings. The number of nitrogens with one attached hydrogen (secondary N) is 1. The molecule has 0 radical (unpaired) electrons. The highest BCUT2D eigenvalue weighted by molar-refractivity contribution is 5.43. The van der Waals surface area contributed by atoms with Gasteiger partial charge in [-0.2, -0.15) is 0 Å². The third-order valence-corrected chi connectivity index (χ3v) is 3.64. The highest BCUT2D eigenvalue weighted by Gasteiger charge is 2.09. The van der Waals surface area contributed by atoms with E-state index in [1.54, 1.807) is 14.2 Å². The third-order valence-electron chi connectivity index (χ3n) is 3.64. The van der Waals surface area contributed by atoms with E-state index in [0.717, 1.165) is 18.0 Å². The van der Waals surface area contributed by atoms with Gasteiger partial charge in [0.2, 0.25) is 0 Å². The van der Waals surface area contributed by atoms with Crippen LogP contribution >= 0.6 is 0 Å². The Morgan fingerprint density at radius 1 is 0.952 bits per heavy atom.